The highest BCUT2D eigenvalue weighted by Crippen LogP contribution is 2.36. The van der Waals surface area contributed by atoms with Crippen LogP contribution in [0.3, 0.4) is 0 Å². The van der Waals surface area contributed by atoms with E-state index in [0.717, 1.165) is 61.4 Å². The number of aromatic nitrogens is 4. The van der Waals surface area contributed by atoms with Gasteiger partial charge < -0.3 is 15.5 Å². The van der Waals surface area contributed by atoms with Gasteiger partial charge in [-0.1, -0.05) is 49.0 Å². The van der Waals surface area contributed by atoms with Gasteiger partial charge >= 0.3 is 6.18 Å². The maximum atomic E-state index is 14.2. The summed E-state index contributed by atoms with van der Waals surface area (Å²) in [5.74, 6) is 6.81. The largest absolute Gasteiger partial charge is 0.416 e. The molecule has 3 heterocycles. The number of hydrogen-bond donors (Lipinski definition) is 2. The van der Waals surface area contributed by atoms with E-state index < -0.39 is 17.8 Å². The molecule has 1 aliphatic carbocycles. The van der Waals surface area contributed by atoms with E-state index >= 15 is 0 Å². The topological polar surface area (TPSA) is 74.1 Å². The summed E-state index contributed by atoms with van der Waals surface area (Å²) in [5, 5.41) is 10.9. The number of alkyl halides is 3. The molecule has 0 spiro atoms. The fraction of sp³-hybridized carbons (Fsp3) is 0.378. The number of hydrogen-bond acceptors (Lipinski definition) is 7. The summed E-state index contributed by atoms with van der Waals surface area (Å²) in [6.07, 6.45) is 9.14. The first-order valence-corrected chi connectivity index (χ1v) is 16.4. The first kappa shape index (κ1) is 33.2. The molecule has 1 atom stereocenters. The molecule has 2 aliphatic rings. The maximum absolute atomic E-state index is 14.2. The molecular formula is C37H41F3N8. The minimum Gasteiger partial charge on any atom is -0.375 e. The Kier molecular flexibility index (Phi) is 10.1. The predicted octanol–water partition coefficient (Wildman–Crippen LogP) is 7.35. The van der Waals surface area contributed by atoms with Crippen LogP contribution in [0.1, 0.15) is 71.1 Å². The fourth-order valence-corrected chi connectivity index (χ4v) is 6.24. The molecule has 8 nitrogen and oxygen atoms in total. The molecule has 2 fully saturated rings. The molecule has 0 radical (unpaired) electrons. The van der Waals surface area contributed by atoms with Crippen molar-refractivity contribution >= 4 is 17.3 Å². The lowest BCUT2D eigenvalue weighted by Crippen LogP contribution is -2.44. The Morgan fingerprint density at radius 1 is 0.979 bits per heavy atom. The fourth-order valence-electron chi connectivity index (χ4n) is 6.24. The Bertz CT molecular complexity index is 1770. The highest BCUT2D eigenvalue weighted by atomic mass is 19.4. The second-order valence-corrected chi connectivity index (χ2v) is 12.7. The lowest BCUT2D eigenvalue weighted by atomic mass is 9.99. The Morgan fingerprint density at radius 3 is 2.44 bits per heavy atom. The van der Waals surface area contributed by atoms with Gasteiger partial charge in [0.15, 0.2) is 0 Å². The third-order valence-electron chi connectivity index (χ3n) is 9.13. The van der Waals surface area contributed by atoms with Crippen molar-refractivity contribution in [2.75, 3.05) is 43.9 Å². The molecule has 250 valence electrons. The monoisotopic (exact) mass is 654 g/mol. The number of halogens is 3. The van der Waals surface area contributed by atoms with Gasteiger partial charge in [-0.05, 0) is 61.7 Å². The van der Waals surface area contributed by atoms with Crippen LogP contribution in [-0.2, 0) is 12.7 Å². The Labute approximate surface area is 280 Å². The minimum atomic E-state index is -4.47. The van der Waals surface area contributed by atoms with Crippen molar-refractivity contribution in [2.24, 2.45) is 0 Å². The van der Waals surface area contributed by atoms with Gasteiger partial charge in [-0.3, -0.25) is 9.58 Å². The van der Waals surface area contributed by atoms with Crippen molar-refractivity contribution in [1.29, 1.82) is 0 Å². The molecule has 0 bridgehead atoms. The third kappa shape index (κ3) is 8.24. The lowest BCUT2D eigenvalue weighted by Gasteiger charge is -2.33. The molecule has 4 aromatic rings. The van der Waals surface area contributed by atoms with Crippen LogP contribution < -0.4 is 10.6 Å². The average Bonchev–Trinajstić information content (AvgIpc) is 3.78. The van der Waals surface area contributed by atoms with E-state index in [2.05, 4.69) is 53.9 Å². The number of likely N-dealkylation sites (N-methyl/N-ethyl adjacent to an activating group) is 1. The van der Waals surface area contributed by atoms with Crippen molar-refractivity contribution in [3.8, 4) is 11.8 Å². The number of aryl methyl sites for hydroxylation is 1. The second-order valence-electron chi connectivity index (χ2n) is 12.7. The molecule has 1 unspecified atom stereocenters. The van der Waals surface area contributed by atoms with E-state index in [0.29, 0.717) is 23.2 Å². The van der Waals surface area contributed by atoms with Crippen LogP contribution in [0.4, 0.5) is 30.5 Å². The zero-order chi connectivity index (χ0) is 33.7. The van der Waals surface area contributed by atoms with E-state index in [1.807, 2.05) is 43.0 Å². The number of rotatable bonds is 9. The van der Waals surface area contributed by atoms with E-state index in [4.69, 9.17) is 0 Å². The van der Waals surface area contributed by atoms with Crippen molar-refractivity contribution in [1.82, 2.24) is 29.5 Å². The molecule has 1 saturated heterocycles. The average molecular weight is 655 g/mol. The van der Waals surface area contributed by atoms with Crippen LogP contribution in [0.25, 0.3) is 0 Å². The summed E-state index contributed by atoms with van der Waals surface area (Å²) in [6.45, 7) is 9.36. The summed E-state index contributed by atoms with van der Waals surface area (Å²) in [5.41, 5.74) is 4.14. The van der Waals surface area contributed by atoms with Gasteiger partial charge in [0.2, 0.25) is 5.95 Å². The van der Waals surface area contributed by atoms with Crippen molar-refractivity contribution in [2.45, 2.75) is 57.4 Å². The molecule has 48 heavy (non-hydrogen) atoms. The Morgan fingerprint density at radius 2 is 1.73 bits per heavy atom. The van der Waals surface area contributed by atoms with Gasteiger partial charge in [-0.25, -0.2) is 9.97 Å². The first-order chi connectivity index (χ1) is 23.1. The standard InChI is InChI=1S/C37H41F3N8/c1-4-35(44-31-14-13-30(34(20-31)37(38,39)40)24-47-17-15-46(3)16-18-47)29-11-9-26(2)28(19-29)12-10-27-21-41-36(42-22-27)45-32-23-43-48(25-32)33-7-5-6-8-33/h4,9,11,13-14,19-23,25,33,35,44H,1,5-8,15-18,24H2,2-3H3,(H,41,42,45). The van der Waals surface area contributed by atoms with E-state index in [1.54, 1.807) is 36.8 Å². The predicted molar refractivity (Wildman–Crippen MR) is 183 cm³/mol. The summed E-state index contributed by atoms with van der Waals surface area (Å²) >= 11 is 0. The minimum absolute atomic E-state index is 0.268. The Balaban J connectivity index is 1.13. The zero-order valence-corrected chi connectivity index (χ0v) is 27.4. The number of benzene rings is 2. The first-order valence-electron chi connectivity index (χ1n) is 16.4. The van der Waals surface area contributed by atoms with E-state index in [1.165, 1.54) is 18.9 Å². The van der Waals surface area contributed by atoms with E-state index in [9.17, 15) is 13.2 Å². The smallest absolute Gasteiger partial charge is 0.375 e. The highest BCUT2D eigenvalue weighted by Gasteiger charge is 2.34. The molecule has 6 rings (SSSR count). The SMILES string of the molecule is C=CC(Nc1ccc(CN2CCN(C)CC2)c(C(F)(F)F)c1)c1ccc(C)c(C#Cc2cnc(Nc3cnn(C4CCCC4)c3)nc2)c1. The number of anilines is 3. The van der Waals surface area contributed by atoms with Gasteiger partial charge in [0.1, 0.15) is 0 Å². The van der Waals surface area contributed by atoms with Gasteiger partial charge in [-0.2, -0.15) is 18.3 Å². The number of nitrogens with zero attached hydrogens (tertiary/aromatic N) is 6. The highest BCUT2D eigenvalue weighted by molar-refractivity contribution is 5.55. The summed E-state index contributed by atoms with van der Waals surface area (Å²) in [6, 6.07) is 10.4. The summed E-state index contributed by atoms with van der Waals surface area (Å²) < 4.78 is 44.5. The summed E-state index contributed by atoms with van der Waals surface area (Å²) in [4.78, 5) is 13.1. The van der Waals surface area contributed by atoms with Crippen LogP contribution in [-0.4, -0.2) is 62.8 Å². The quantitative estimate of drug-likeness (QED) is 0.145. The molecule has 1 saturated carbocycles. The van der Waals surface area contributed by atoms with Crippen LogP contribution in [0.2, 0.25) is 0 Å². The van der Waals surface area contributed by atoms with Gasteiger partial charge in [0.25, 0.3) is 0 Å². The van der Waals surface area contributed by atoms with Crippen LogP contribution in [0.15, 0.2) is 73.8 Å². The second kappa shape index (κ2) is 14.6. The zero-order valence-electron chi connectivity index (χ0n) is 27.4. The lowest BCUT2D eigenvalue weighted by molar-refractivity contribution is -0.138. The van der Waals surface area contributed by atoms with E-state index in [-0.39, 0.29) is 12.1 Å². The number of nitrogens with one attached hydrogen (secondary N) is 2. The molecular weight excluding hydrogens is 613 g/mol. The van der Waals surface area contributed by atoms with Gasteiger partial charge in [0.05, 0.1) is 35.1 Å². The maximum Gasteiger partial charge on any atom is 0.416 e. The molecule has 2 aromatic heterocycles. The van der Waals surface area contributed by atoms with Gasteiger partial charge in [-0.15, -0.1) is 6.58 Å². The van der Waals surface area contributed by atoms with Gasteiger partial charge in [0, 0.05) is 62.6 Å². The summed E-state index contributed by atoms with van der Waals surface area (Å²) in [7, 11) is 2.03. The number of piperazine rings is 1. The van der Waals surface area contributed by atoms with Crippen LogP contribution in [0.5, 0.6) is 0 Å². The van der Waals surface area contributed by atoms with Crippen molar-refractivity contribution in [3.05, 3.63) is 107 Å². The normalized spacial score (nSPS) is 16.7. The molecule has 11 heteroatoms. The van der Waals surface area contributed by atoms with Crippen LogP contribution >= 0.6 is 0 Å². The molecule has 2 aromatic carbocycles. The van der Waals surface area contributed by atoms with Crippen LogP contribution in [0, 0.1) is 18.8 Å². The Hall–Kier alpha value is -4.66. The van der Waals surface area contributed by atoms with Crippen molar-refractivity contribution < 1.29 is 13.2 Å². The molecule has 1 aliphatic heterocycles. The third-order valence-corrected chi connectivity index (χ3v) is 9.13. The van der Waals surface area contributed by atoms with Crippen molar-refractivity contribution in [3.63, 3.8) is 0 Å². The molecule has 0 amide bonds. The molecule has 2 N–H and O–H groups in total.